The van der Waals surface area contributed by atoms with Crippen LogP contribution in [0, 0.1) is 11.8 Å². The van der Waals surface area contributed by atoms with Crippen LogP contribution in [0.4, 0.5) is 32.3 Å². The molecule has 3 aromatic rings. The van der Waals surface area contributed by atoms with Crippen LogP contribution in [0.5, 0.6) is 0 Å². The lowest BCUT2D eigenvalue weighted by Gasteiger charge is -2.30. The van der Waals surface area contributed by atoms with Crippen LogP contribution in [-0.4, -0.2) is 33.7 Å². The number of halogens is 6. The predicted octanol–water partition coefficient (Wildman–Crippen LogP) is 4.84. The summed E-state index contributed by atoms with van der Waals surface area (Å²) in [7, 11) is 0. The maximum atomic E-state index is 13.6. The van der Waals surface area contributed by atoms with E-state index in [1.54, 1.807) is 0 Å². The number of fused-ring (bicyclic) bond motifs is 3. The minimum Gasteiger partial charge on any atom is -0.350 e. The zero-order valence-electron chi connectivity index (χ0n) is 16.6. The molecule has 2 N–H and O–H groups in total. The maximum absolute atomic E-state index is 13.6. The van der Waals surface area contributed by atoms with Gasteiger partial charge in [-0.05, 0) is 61.5 Å². The number of nitrogens with zero attached hydrogens (tertiary/aromatic N) is 3. The van der Waals surface area contributed by atoms with Gasteiger partial charge in [-0.1, -0.05) is 18.2 Å². The SMILES string of the molecule is FC(F)(F)c1ccccc1-c1ccc(C(F)(F)F)n2nc(NC3C4CCC3CNC4)nc12. The average molecular weight is 455 g/mol. The number of pyridine rings is 1. The first-order chi connectivity index (χ1) is 15.1. The number of nitrogens with one attached hydrogen (secondary N) is 2. The molecule has 2 fully saturated rings. The standard InChI is InChI=1S/C21H19F6N5/c22-20(23,24)15-4-2-1-3-13(15)14-7-8-16(21(25,26)27)32-18(14)30-19(31-32)29-17-11-5-6-12(17)10-28-9-11/h1-4,7-8,11-12,17,28H,5-6,9-10H2,(H,29,31). The Hall–Kier alpha value is -2.82. The second kappa shape index (κ2) is 7.36. The van der Waals surface area contributed by atoms with Gasteiger partial charge in [-0.25, -0.2) is 4.52 Å². The molecule has 1 aliphatic carbocycles. The van der Waals surface area contributed by atoms with Gasteiger partial charge in [0.05, 0.1) is 5.56 Å². The van der Waals surface area contributed by atoms with Crippen molar-refractivity contribution in [3.05, 3.63) is 47.7 Å². The van der Waals surface area contributed by atoms with Crippen molar-refractivity contribution in [3.63, 3.8) is 0 Å². The van der Waals surface area contributed by atoms with E-state index in [9.17, 15) is 26.3 Å². The van der Waals surface area contributed by atoms with E-state index in [0.29, 0.717) is 16.4 Å². The number of hydrogen-bond acceptors (Lipinski definition) is 4. The fourth-order valence-electron chi connectivity index (χ4n) is 4.88. The minimum absolute atomic E-state index is 0.00825. The molecule has 5 nitrogen and oxygen atoms in total. The van der Waals surface area contributed by atoms with E-state index in [1.807, 2.05) is 0 Å². The van der Waals surface area contributed by atoms with E-state index in [-0.39, 0.29) is 28.8 Å². The summed E-state index contributed by atoms with van der Waals surface area (Å²) in [6.07, 6.45) is -7.45. The first kappa shape index (κ1) is 21.0. The van der Waals surface area contributed by atoms with Gasteiger partial charge in [-0.2, -0.15) is 31.3 Å². The Morgan fingerprint density at radius 3 is 2.22 bits per heavy atom. The lowest BCUT2D eigenvalue weighted by atomic mass is 9.94. The molecule has 0 radical (unpaired) electrons. The predicted molar refractivity (Wildman–Crippen MR) is 105 cm³/mol. The van der Waals surface area contributed by atoms with Crippen molar-refractivity contribution in [2.45, 2.75) is 31.2 Å². The molecular weight excluding hydrogens is 436 g/mol. The molecular formula is C21H19F6N5. The molecule has 2 atom stereocenters. The molecule has 1 saturated heterocycles. The highest BCUT2D eigenvalue weighted by molar-refractivity contribution is 5.80. The Morgan fingerprint density at radius 1 is 0.875 bits per heavy atom. The summed E-state index contributed by atoms with van der Waals surface area (Å²) in [6.45, 7) is 1.58. The molecule has 0 amide bonds. The Morgan fingerprint density at radius 2 is 1.56 bits per heavy atom. The van der Waals surface area contributed by atoms with E-state index in [0.717, 1.165) is 44.1 Å². The topological polar surface area (TPSA) is 54.2 Å². The lowest BCUT2D eigenvalue weighted by Crippen LogP contribution is -2.45. The zero-order valence-corrected chi connectivity index (χ0v) is 16.6. The summed E-state index contributed by atoms with van der Waals surface area (Å²) in [4.78, 5) is 4.23. The molecule has 2 bridgehead atoms. The fourth-order valence-corrected chi connectivity index (χ4v) is 4.88. The highest BCUT2D eigenvalue weighted by Gasteiger charge is 2.40. The molecule has 1 aliphatic heterocycles. The second-order valence-electron chi connectivity index (χ2n) is 8.27. The lowest BCUT2D eigenvalue weighted by molar-refractivity contribution is -0.142. The second-order valence-corrected chi connectivity index (χ2v) is 8.27. The molecule has 5 rings (SSSR count). The molecule has 2 unspecified atom stereocenters. The Bertz CT molecular complexity index is 1140. The van der Waals surface area contributed by atoms with Crippen molar-refractivity contribution < 1.29 is 26.3 Å². The molecule has 0 spiro atoms. The summed E-state index contributed by atoms with van der Waals surface area (Å²) in [5, 5.41) is 10.5. The summed E-state index contributed by atoms with van der Waals surface area (Å²) in [5.74, 6) is 0.581. The number of rotatable bonds is 3. The van der Waals surface area contributed by atoms with Crippen molar-refractivity contribution in [2.24, 2.45) is 11.8 Å². The molecule has 1 saturated carbocycles. The third-order valence-corrected chi connectivity index (χ3v) is 6.33. The largest absolute Gasteiger partial charge is 0.433 e. The van der Waals surface area contributed by atoms with Crippen LogP contribution in [0.25, 0.3) is 16.8 Å². The first-order valence-electron chi connectivity index (χ1n) is 10.2. The number of anilines is 1. The highest BCUT2D eigenvalue weighted by atomic mass is 19.4. The van der Waals surface area contributed by atoms with Gasteiger partial charge in [0.25, 0.3) is 0 Å². The van der Waals surface area contributed by atoms with Gasteiger partial charge in [-0.3, -0.25) is 0 Å². The smallest absolute Gasteiger partial charge is 0.350 e. The van der Waals surface area contributed by atoms with Crippen LogP contribution in [0.3, 0.4) is 0 Å². The monoisotopic (exact) mass is 455 g/mol. The van der Waals surface area contributed by atoms with Gasteiger partial charge in [-0.15, -0.1) is 5.10 Å². The van der Waals surface area contributed by atoms with E-state index < -0.39 is 23.6 Å². The molecule has 170 valence electrons. The highest BCUT2D eigenvalue weighted by Crippen LogP contribution is 2.40. The molecule has 2 aromatic heterocycles. The van der Waals surface area contributed by atoms with Gasteiger partial charge < -0.3 is 10.6 Å². The van der Waals surface area contributed by atoms with E-state index in [1.165, 1.54) is 18.2 Å². The number of alkyl halides is 6. The van der Waals surface area contributed by atoms with E-state index >= 15 is 0 Å². The van der Waals surface area contributed by atoms with Crippen LogP contribution >= 0.6 is 0 Å². The van der Waals surface area contributed by atoms with E-state index in [4.69, 9.17) is 0 Å². The van der Waals surface area contributed by atoms with Crippen molar-refractivity contribution in [2.75, 3.05) is 18.4 Å². The molecule has 1 aromatic carbocycles. The summed E-state index contributed by atoms with van der Waals surface area (Å²) >= 11 is 0. The van der Waals surface area contributed by atoms with E-state index in [2.05, 4.69) is 20.7 Å². The Labute approximate surface area is 178 Å². The normalized spacial score (nSPS) is 23.6. The van der Waals surface area contributed by atoms with Gasteiger partial charge in [0.2, 0.25) is 5.95 Å². The van der Waals surface area contributed by atoms with Crippen molar-refractivity contribution in [3.8, 4) is 11.1 Å². The summed E-state index contributed by atoms with van der Waals surface area (Å²) in [5.41, 5.74) is -2.65. The van der Waals surface area contributed by atoms with Gasteiger partial charge in [0.1, 0.15) is 5.69 Å². The van der Waals surface area contributed by atoms with Crippen LogP contribution < -0.4 is 10.6 Å². The van der Waals surface area contributed by atoms with Crippen LogP contribution in [0.1, 0.15) is 24.1 Å². The molecule has 3 heterocycles. The minimum atomic E-state index is -4.75. The number of piperidine rings is 1. The van der Waals surface area contributed by atoms with Gasteiger partial charge in [0.15, 0.2) is 5.65 Å². The third kappa shape index (κ3) is 3.58. The third-order valence-electron chi connectivity index (χ3n) is 6.33. The zero-order chi connectivity index (χ0) is 22.7. The van der Waals surface area contributed by atoms with Crippen LogP contribution in [-0.2, 0) is 12.4 Å². The number of hydrogen-bond donors (Lipinski definition) is 2. The maximum Gasteiger partial charge on any atom is 0.433 e. The van der Waals surface area contributed by atoms with Crippen LogP contribution in [0.2, 0.25) is 0 Å². The van der Waals surface area contributed by atoms with Crippen molar-refractivity contribution >= 4 is 11.6 Å². The number of benzene rings is 1. The Balaban J connectivity index is 1.65. The van der Waals surface area contributed by atoms with Crippen molar-refractivity contribution in [1.29, 1.82) is 0 Å². The van der Waals surface area contributed by atoms with Gasteiger partial charge >= 0.3 is 12.4 Å². The number of aromatic nitrogens is 3. The van der Waals surface area contributed by atoms with Crippen molar-refractivity contribution in [1.82, 2.24) is 19.9 Å². The Kier molecular flexibility index (Phi) is 4.84. The van der Waals surface area contributed by atoms with Gasteiger partial charge in [0, 0.05) is 11.6 Å². The molecule has 32 heavy (non-hydrogen) atoms. The fraction of sp³-hybridized carbons (Fsp3) is 0.429. The summed E-state index contributed by atoms with van der Waals surface area (Å²) < 4.78 is 82.2. The first-order valence-corrected chi connectivity index (χ1v) is 10.2. The summed E-state index contributed by atoms with van der Waals surface area (Å²) in [6, 6.07) is 6.52. The molecule has 2 aliphatic rings. The van der Waals surface area contributed by atoms with Crippen LogP contribution in [0.15, 0.2) is 36.4 Å². The quantitative estimate of drug-likeness (QED) is 0.555. The average Bonchev–Trinajstić information content (AvgIpc) is 3.22. The molecule has 11 heteroatoms.